The summed E-state index contributed by atoms with van der Waals surface area (Å²) in [6, 6.07) is 3.73. The molecule has 0 aromatic carbocycles. The van der Waals surface area contributed by atoms with E-state index in [0.717, 1.165) is 5.56 Å². The highest BCUT2D eigenvalue weighted by Crippen LogP contribution is 2.19. The number of hydrogen-bond donors (Lipinski definition) is 2. The molecule has 0 aliphatic rings. The van der Waals surface area contributed by atoms with Crippen molar-refractivity contribution in [2.45, 2.75) is 27.3 Å². The monoisotopic (exact) mass is 280 g/mol. The van der Waals surface area contributed by atoms with E-state index in [0.29, 0.717) is 22.2 Å². The molecule has 2 rings (SSSR count). The largest absolute Gasteiger partial charge is 0.375 e. The van der Waals surface area contributed by atoms with Crippen LogP contribution in [-0.2, 0) is 6.54 Å². The number of rotatable bonds is 3. The molecule has 5 nitrogen and oxygen atoms in total. The zero-order valence-corrected chi connectivity index (χ0v) is 12.1. The predicted octanol–water partition coefficient (Wildman–Crippen LogP) is 2.63. The van der Waals surface area contributed by atoms with Crippen LogP contribution in [0.2, 0.25) is 0 Å². The van der Waals surface area contributed by atoms with Gasteiger partial charge in [-0.3, -0.25) is 9.78 Å². The first-order chi connectivity index (χ1) is 9.16. The molecule has 1 amide bonds. The summed E-state index contributed by atoms with van der Waals surface area (Å²) >= 11 is 1.20. The van der Waals surface area contributed by atoms with Crippen molar-refractivity contribution in [1.29, 1.82) is 0 Å². The number of nitrogens with one attached hydrogen (secondary N) is 1. The summed E-state index contributed by atoms with van der Waals surface area (Å²) in [6.07, 6.45) is 3.41. The SMILES string of the molecule is CC.Cc1nc(N)sc1C(=O)NCc1cccnc1.[HH]. The Morgan fingerprint density at radius 1 is 1.53 bits per heavy atom. The molecule has 0 bridgehead atoms. The van der Waals surface area contributed by atoms with Gasteiger partial charge in [-0.25, -0.2) is 4.98 Å². The summed E-state index contributed by atoms with van der Waals surface area (Å²) in [6.45, 7) is 6.22. The number of aromatic nitrogens is 2. The number of carbonyl (C=O) groups excluding carboxylic acids is 1. The zero-order chi connectivity index (χ0) is 14.3. The molecule has 0 spiro atoms. The lowest BCUT2D eigenvalue weighted by Crippen LogP contribution is -2.22. The Morgan fingerprint density at radius 3 is 2.79 bits per heavy atom. The molecule has 0 saturated heterocycles. The standard InChI is InChI=1S/C11H12N4OS.C2H6.H2/c1-7-9(17-11(12)15-7)10(16)14-6-8-3-2-4-13-5-8;1-2;/h2-5H,6H2,1H3,(H2,12,15)(H,14,16);1-2H3;1H. The molecule has 104 valence electrons. The summed E-state index contributed by atoms with van der Waals surface area (Å²) in [4.78, 5) is 20.4. The fraction of sp³-hybridized carbons (Fsp3) is 0.308. The van der Waals surface area contributed by atoms with Crippen molar-refractivity contribution in [2.75, 3.05) is 5.73 Å². The Balaban J connectivity index is 0.00000115. The van der Waals surface area contributed by atoms with E-state index in [1.165, 1.54) is 11.3 Å². The predicted molar refractivity (Wildman–Crippen MR) is 80.1 cm³/mol. The fourth-order valence-corrected chi connectivity index (χ4v) is 2.14. The van der Waals surface area contributed by atoms with Gasteiger partial charge in [0.1, 0.15) is 4.88 Å². The van der Waals surface area contributed by atoms with E-state index in [-0.39, 0.29) is 7.33 Å². The molecule has 2 heterocycles. The van der Waals surface area contributed by atoms with Crippen LogP contribution in [0.25, 0.3) is 0 Å². The van der Waals surface area contributed by atoms with E-state index in [1.54, 1.807) is 19.3 Å². The number of anilines is 1. The molecule has 0 atom stereocenters. The van der Waals surface area contributed by atoms with Gasteiger partial charge in [0.25, 0.3) is 5.91 Å². The fourth-order valence-electron chi connectivity index (χ4n) is 1.39. The van der Waals surface area contributed by atoms with Crippen molar-refractivity contribution in [1.82, 2.24) is 15.3 Å². The van der Waals surface area contributed by atoms with E-state index < -0.39 is 0 Å². The highest BCUT2D eigenvalue weighted by atomic mass is 32.1. The first kappa shape index (κ1) is 15.1. The van der Waals surface area contributed by atoms with Gasteiger partial charge in [0, 0.05) is 20.4 Å². The van der Waals surface area contributed by atoms with Gasteiger partial charge in [0.2, 0.25) is 0 Å². The number of pyridine rings is 1. The van der Waals surface area contributed by atoms with Gasteiger partial charge in [0.05, 0.1) is 5.69 Å². The van der Waals surface area contributed by atoms with Gasteiger partial charge in [-0.1, -0.05) is 31.3 Å². The quantitative estimate of drug-likeness (QED) is 0.905. The highest BCUT2D eigenvalue weighted by Gasteiger charge is 2.13. The molecule has 0 unspecified atom stereocenters. The normalized spacial score (nSPS) is 9.42. The first-order valence-corrected chi connectivity index (χ1v) is 6.88. The Kier molecular flexibility index (Phi) is 5.95. The Morgan fingerprint density at radius 2 is 2.26 bits per heavy atom. The van der Waals surface area contributed by atoms with Gasteiger partial charge < -0.3 is 11.1 Å². The maximum Gasteiger partial charge on any atom is 0.263 e. The number of thiazole rings is 1. The lowest BCUT2D eigenvalue weighted by atomic mass is 10.3. The van der Waals surface area contributed by atoms with Crippen LogP contribution in [0.1, 0.15) is 36.2 Å². The Labute approximate surface area is 118 Å². The number of nitrogens with two attached hydrogens (primary N) is 1. The average molecular weight is 280 g/mol. The second-order valence-electron chi connectivity index (χ2n) is 3.51. The third-order valence-electron chi connectivity index (χ3n) is 2.20. The van der Waals surface area contributed by atoms with Crippen molar-refractivity contribution in [3.63, 3.8) is 0 Å². The van der Waals surface area contributed by atoms with Crippen molar-refractivity contribution in [2.24, 2.45) is 0 Å². The Bertz CT molecular complexity index is 530. The van der Waals surface area contributed by atoms with Crippen LogP contribution in [0.3, 0.4) is 0 Å². The molecule has 0 saturated carbocycles. The molecule has 2 aromatic rings. The van der Waals surface area contributed by atoms with Crippen LogP contribution in [0, 0.1) is 6.92 Å². The van der Waals surface area contributed by atoms with Crippen LogP contribution in [0.4, 0.5) is 5.13 Å². The molecule has 0 fully saturated rings. The van der Waals surface area contributed by atoms with Gasteiger partial charge >= 0.3 is 0 Å². The minimum absolute atomic E-state index is 0. The van der Waals surface area contributed by atoms with Gasteiger partial charge in [-0.15, -0.1) is 0 Å². The minimum atomic E-state index is -0.152. The van der Waals surface area contributed by atoms with Crippen LogP contribution in [-0.4, -0.2) is 15.9 Å². The number of aryl methyl sites for hydroxylation is 1. The molecular formula is C13H20N4OS. The first-order valence-electron chi connectivity index (χ1n) is 6.07. The highest BCUT2D eigenvalue weighted by molar-refractivity contribution is 7.17. The lowest BCUT2D eigenvalue weighted by Gasteiger charge is -2.03. The van der Waals surface area contributed by atoms with Crippen LogP contribution < -0.4 is 11.1 Å². The minimum Gasteiger partial charge on any atom is -0.375 e. The maximum absolute atomic E-state index is 11.8. The van der Waals surface area contributed by atoms with Crippen molar-refractivity contribution in [3.05, 3.63) is 40.7 Å². The van der Waals surface area contributed by atoms with Crippen molar-refractivity contribution < 1.29 is 6.22 Å². The molecule has 0 aliphatic carbocycles. The Hall–Kier alpha value is -1.95. The molecule has 0 aliphatic heterocycles. The van der Waals surface area contributed by atoms with E-state index in [1.807, 2.05) is 26.0 Å². The second-order valence-corrected chi connectivity index (χ2v) is 4.54. The van der Waals surface area contributed by atoms with Crippen LogP contribution >= 0.6 is 11.3 Å². The molecule has 3 N–H and O–H groups in total. The number of nitrogens with zero attached hydrogens (tertiary/aromatic N) is 2. The molecule has 6 heteroatoms. The van der Waals surface area contributed by atoms with Crippen LogP contribution in [0.15, 0.2) is 24.5 Å². The number of hydrogen-bond acceptors (Lipinski definition) is 5. The van der Waals surface area contributed by atoms with Gasteiger partial charge in [-0.05, 0) is 18.6 Å². The molecule has 0 radical (unpaired) electrons. The molecule has 19 heavy (non-hydrogen) atoms. The summed E-state index contributed by atoms with van der Waals surface area (Å²) < 4.78 is 0. The second kappa shape index (κ2) is 7.48. The average Bonchev–Trinajstić information content (AvgIpc) is 2.78. The smallest absolute Gasteiger partial charge is 0.263 e. The number of nitrogen functional groups attached to an aromatic ring is 1. The van der Waals surface area contributed by atoms with Gasteiger partial charge in [0.15, 0.2) is 5.13 Å². The number of carbonyl (C=O) groups is 1. The third kappa shape index (κ3) is 4.33. The summed E-state index contributed by atoms with van der Waals surface area (Å²) in [5.74, 6) is -0.152. The van der Waals surface area contributed by atoms with E-state index in [9.17, 15) is 4.79 Å². The van der Waals surface area contributed by atoms with Crippen LogP contribution in [0.5, 0.6) is 0 Å². The summed E-state index contributed by atoms with van der Waals surface area (Å²) in [5.41, 5.74) is 7.16. The lowest BCUT2D eigenvalue weighted by molar-refractivity contribution is 0.0954. The van der Waals surface area contributed by atoms with E-state index in [2.05, 4.69) is 15.3 Å². The van der Waals surface area contributed by atoms with E-state index >= 15 is 0 Å². The maximum atomic E-state index is 11.8. The summed E-state index contributed by atoms with van der Waals surface area (Å²) in [7, 11) is 0. The van der Waals surface area contributed by atoms with Crippen molar-refractivity contribution in [3.8, 4) is 0 Å². The molecule has 2 aromatic heterocycles. The summed E-state index contributed by atoms with van der Waals surface area (Å²) in [5, 5.41) is 3.22. The van der Waals surface area contributed by atoms with E-state index in [4.69, 9.17) is 5.73 Å². The van der Waals surface area contributed by atoms with Crippen molar-refractivity contribution >= 4 is 22.4 Å². The molecular weight excluding hydrogens is 260 g/mol. The third-order valence-corrected chi connectivity index (χ3v) is 3.18. The number of amides is 1. The zero-order valence-electron chi connectivity index (χ0n) is 11.3. The topological polar surface area (TPSA) is 80.9 Å². The van der Waals surface area contributed by atoms with Gasteiger partial charge in [-0.2, -0.15) is 0 Å².